The fourth-order valence-corrected chi connectivity index (χ4v) is 3.45. The Kier molecular flexibility index (Phi) is 5.20. The third kappa shape index (κ3) is 3.79. The van der Waals surface area contributed by atoms with Crippen LogP contribution in [-0.2, 0) is 11.2 Å². The third-order valence-electron chi connectivity index (χ3n) is 4.17. The molecule has 1 N–H and O–H groups in total. The van der Waals surface area contributed by atoms with Crippen molar-refractivity contribution in [3.05, 3.63) is 35.3 Å². The van der Waals surface area contributed by atoms with Crippen LogP contribution < -0.4 is 15.0 Å². The van der Waals surface area contributed by atoms with E-state index in [1.807, 2.05) is 29.5 Å². The van der Waals surface area contributed by atoms with Crippen LogP contribution >= 0.6 is 11.3 Å². The first-order valence-corrected chi connectivity index (χ1v) is 8.86. The smallest absolute Gasteiger partial charge is 0.228 e. The molecular weight excluding hydrogens is 324 g/mol. The second kappa shape index (κ2) is 7.53. The van der Waals surface area contributed by atoms with Crippen LogP contribution in [0.5, 0.6) is 5.75 Å². The Morgan fingerprint density at radius 3 is 2.54 bits per heavy atom. The van der Waals surface area contributed by atoms with Crippen LogP contribution in [0.4, 0.5) is 10.8 Å². The number of nitrogens with one attached hydrogen (secondary N) is 1. The number of aromatic nitrogens is 1. The standard InChI is InChI=1S/C17H22N4O2S/c1-18-17-19-13(12-24-17)11-16(22)21-9-7-20(8-10-21)14-3-5-15(23-2)6-4-14/h3-6,12H,7-11H2,1-2H3,(H,18,19). The van der Waals surface area contributed by atoms with E-state index in [4.69, 9.17) is 4.74 Å². The van der Waals surface area contributed by atoms with Gasteiger partial charge in [0.05, 0.1) is 19.2 Å². The Bertz CT molecular complexity index is 678. The summed E-state index contributed by atoms with van der Waals surface area (Å²) in [4.78, 5) is 21.0. The molecule has 0 aliphatic carbocycles. The number of piperazine rings is 1. The SMILES string of the molecule is CNc1nc(CC(=O)N2CCN(c3ccc(OC)cc3)CC2)cs1. The van der Waals surface area contributed by atoms with Crippen molar-refractivity contribution in [2.75, 3.05) is 50.6 Å². The number of thiazole rings is 1. The quantitative estimate of drug-likeness (QED) is 0.898. The molecule has 1 saturated heterocycles. The summed E-state index contributed by atoms with van der Waals surface area (Å²) < 4.78 is 5.19. The number of hydrogen-bond donors (Lipinski definition) is 1. The molecule has 0 atom stereocenters. The van der Waals surface area contributed by atoms with Gasteiger partial charge in [0.25, 0.3) is 0 Å². The lowest BCUT2D eigenvalue weighted by atomic mass is 10.2. The highest BCUT2D eigenvalue weighted by Crippen LogP contribution is 2.21. The molecule has 2 aromatic rings. The van der Waals surface area contributed by atoms with Gasteiger partial charge in [0.1, 0.15) is 5.75 Å². The summed E-state index contributed by atoms with van der Waals surface area (Å²) in [6.07, 6.45) is 0.376. The average Bonchev–Trinajstić information content (AvgIpc) is 3.09. The van der Waals surface area contributed by atoms with E-state index in [1.54, 1.807) is 7.11 Å². The molecule has 2 heterocycles. The van der Waals surface area contributed by atoms with Crippen molar-refractivity contribution < 1.29 is 9.53 Å². The molecule has 0 saturated carbocycles. The van der Waals surface area contributed by atoms with Gasteiger partial charge in [0.15, 0.2) is 5.13 Å². The number of carbonyl (C=O) groups excluding carboxylic acids is 1. The zero-order valence-corrected chi connectivity index (χ0v) is 14.8. The minimum absolute atomic E-state index is 0.150. The normalized spacial score (nSPS) is 14.6. The highest BCUT2D eigenvalue weighted by Gasteiger charge is 2.22. The summed E-state index contributed by atoms with van der Waals surface area (Å²) in [6, 6.07) is 8.05. The van der Waals surface area contributed by atoms with Crippen molar-refractivity contribution in [3.8, 4) is 5.75 Å². The van der Waals surface area contributed by atoms with Crippen molar-refractivity contribution in [2.45, 2.75) is 6.42 Å². The van der Waals surface area contributed by atoms with Crippen LogP contribution in [0.15, 0.2) is 29.6 Å². The second-order valence-electron chi connectivity index (χ2n) is 5.64. The van der Waals surface area contributed by atoms with Crippen LogP contribution in [-0.4, -0.2) is 56.1 Å². The van der Waals surface area contributed by atoms with E-state index in [0.29, 0.717) is 6.42 Å². The summed E-state index contributed by atoms with van der Waals surface area (Å²) >= 11 is 1.53. The first kappa shape index (κ1) is 16.6. The Morgan fingerprint density at radius 2 is 1.96 bits per heavy atom. The van der Waals surface area contributed by atoms with Gasteiger partial charge in [0, 0.05) is 44.3 Å². The van der Waals surface area contributed by atoms with Crippen LogP contribution in [0.1, 0.15) is 5.69 Å². The molecule has 128 valence electrons. The minimum Gasteiger partial charge on any atom is -0.497 e. The lowest BCUT2D eigenvalue weighted by Gasteiger charge is -2.36. The van der Waals surface area contributed by atoms with Gasteiger partial charge in [0.2, 0.25) is 5.91 Å². The highest BCUT2D eigenvalue weighted by molar-refractivity contribution is 7.13. The van der Waals surface area contributed by atoms with E-state index in [1.165, 1.54) is 17.0 Å². The summed E-state index contributed by atoms with van der Waals surface area (Å²) in [5, 5.41) is 5.79. The van der Waals surface area contributed by atoms with Gasteiger partial charge in [-0.3, -0.25) is 4.79 Å². The van der Waals surface area contributed by atoms with E-state index in [-0.39, 0.29) is 5.91 Å². The number of rotatable bonds is 5. The maximum atomic E-state index is 12.4. The van der Waals surface area contributed by atoms with Crippen molar-refractivity contribution >= 4 is 28.1 Å². The van der Waals surface area contributed by atoms with Gasteiger partial charge < -0.3 is 19.9 Å². The predicted octanol–water partition coefficient (Wildman–Crippen LogP) is 2.08. The number of amides is 1. The summed E-state index contributed by atoms with van der Waals surface area (Å²) in [5.74, 6) is 1.01. The van der Waals surface area contributed by atoms with Gasteiger partial charge in [-0.15, -0.1) is 11.3 Å². The molecule has 1 aliphatic rings. The van der Waals surface area contributed by atoms with Crippen LogP contribution in [0.2, 0.25) is 0 Å². The summed E-state index contributed by atoms with van der Waals surface area (Å²) in [5.41, 5.74) is 2.01. The molecule has 0 spiro atoms. The summed E-state index contributed by atoms with van der Waals surface area (Å²) in [7, 11) is 3.50. The molecule has 1 aromatic carbocycles. The third-order valence-corrected chi connectivity index (χ3v) is 5.08. The second-order valence-corrected chi connectivity index (χ2v) is 6.49. The first-order valence-electron chi connectivity index (χ1n) is 7.98. The fourth-order valence-electron chi connectivity index (χ4n) is 2.78. The van der Waals surface area contributed by atoms with E-state index in [9.17, 15) is 4.79 Å². The van der Waals surface area contributed by atoms with Crippen LogP contribution in [0, 0.1) is 0 Å². The minimum atomic E-state index is 0.150. The monoisotopic (exact) mass is 346 g/mol. The molecule has 3 rings (SSSR count). The van der Waals surface area contributed by atoms with E-state index < -0.39 is 0 Å². The molecule has 1 fully saturated rings. The van der Waals surface area contributed by atoms with E-state index >= 15 is 0 Å². The molecule has 24 heavy (non-hydrogen) atoms. The molecule has 6 nitrogen and oxygen atoms in total. The highest BCUT2D eigenvalue weighted by atomic mass is 32.1. The van der Waals surface area contributed by atoms with Crippen LogP contribution in [0.25, 0.3) is 0 Å². The summed E-state index contributed by atoms with van der Waals surface area (Å²) in [6.45, 7) is 3.18. The molecule has 0 unspecified atom stereocenters. The Hall–Kier alpha value is -2.28. The van der Waals surface area contributed by atoms with E-state index in [0.717, 1.165) is 42.8 Å². The zero-order valence-electron chi connectivity index (χ0n) is 14.0. The lowest BCUT2D eigenvalue weighted by molar-refractivity contribution is -0.130. The first-order chi connectivity index (χ1) is 11.7. The number of ether oxygens (including phenoxy) is 1. The lowest BCUT2D eigenvalue weighted by Crippen LogP contribution is -2.49. The molecule has 0 bridgehead atoms. The van der Waals surface area contributed by atoms with Crippen molar-refractivity contribution in [1.29, 1.82) is 0 Å². The van der Waals surface area contributed by atoms with Crippen molar-refractivity contribution in [2.24, 2.45) is 0 Å². The maximum absolute atomic E-state index is 12.4. The Morgan fingerprint density at radius 1 is 1.25 bits per heavy atom. The molecule has 1 aromatic heterocycles. The number of anilines is 2. The Labute approximate surface area is 146 Å². The molecule has 1 aliphatic heterocycles. The number of nitrogens with zero attached hydrogens (tertiary/aromatic N) is 3. The van der Waals surface area contributed by atoms with E-state index in [2.05, 4.69) is 27.3 Å². The number of methoxy groups -OCH3 is 1. The van der Waals surface area contributed by atoms with Gasteiger partial charge in [-0.1, -0.05) is 0 Å². The van der Waals surface area contributed by atoms with Crippen LogP contribution in [0.3, 0.4) is 0 Å². The largest absolute Gasteiger partial charge is 0.497 e. The zero-order chi connectivity index (χ0) is 16.9. The van der Waals surface area contributed by atoms with Gasteiger partial charge in [-0.05, 0) is 24.3 Å². The maximum Gasteiger partial charge on any atom is 0.228 e. The number of benzene rings is 1. The van der Waals surface area contributed by atoms with Gasteiger partial charge in [-0.2, -0.15) is 0 Å². The molecule has 0 radical (unpaired) electrons. The Balaban J connectivity index is 1.53. The predicted molar refractivity (Wildman–Crippen MR) is 97.2 cm³/mol. The van der Waals surface area contributed by atoms with Gasteiger partial charge >= 0.3 is 0 Å². The number of carbonyl (C=O) groups is 1. The molecule has 7 heteroatoms. The number of hydrogen-bond acceptors (Lipinski definition) is 6. The topological polar surface area (TPSA) is 57.7 Å². The van der Waals surface area contributed by atoms with Gasteiger partial charge in [-0.25, -0.2) is 4.98 Å². The molecular formula is C17H22N4O2S. The molecule has 1 amide bonds. The van der Waals surface area contributed by atoms with Crippen molar-refractivity contribution in [3.63, 3.8) is 0 Å². The fraction of sp³-hybridized carbons (Fsp3) is 0.412. The van der Waals surface area contributed by atoms with Crippen molar-refractivity contribution in [1.82, 2.24) is 9.88 Å². The average molecular weight is 346 g/mol.